The van der Waals surface area contributed by atoms with E-state index in [1.807, 2.05) is 0 Å². The Morgan fingerprint density at radius 3 is 2.64 bits per heavy atom. The molecule has 0 atom stereocenters. The average Bonchev–Trinajstić information content (AvgIpc) is 2.47. The first-order valence-electron chi connectivity index (χ1n) is 7.00. The third-order valence-electron chi connectivity index (χ3n) is 3.46. The summed E-state index contributed by atoms with van der Waals surface area (Å²) in [5.74, 6) is -0.0494. The van der Waals surface area contributed by atoms with Crippen molar-refractivity contribution in [2.75, 3.05) is 7.11 Å². The summed E-state index contributed by atoms with van der Waals surface area (Å²) in [6, 6.07) is 6.11. The van der Waals surface area contributed by atoms with E-state index in [0.29, 0.717) is 23.4 Å². The van der Waals surface area contributed by atoms with Gasteiger partial charge in [-0.15, -0.1) is 6.58 Å². The normalized spacial score (nSPS) is 11.3. The molecule has 0 spiro atoms. The summed E-state index contributed by atoms with van der Waals surface area (Å²) in [5.41, 5.74) is 0.761. The molecule has 116 valence electrons. The summed E-state index contributed by atoms with van der Waals surface area (Å²) < 4.78 is 33.6. The van der Waals surface area contributed by atoms with Gasteiger partial charge in [0.1, 0.15) is 11.5 Å². The van der Waals surface area contributed by atoms with Crippen molar-refractivity contribution in [3.8, 4) is 17.0 Å². The number of benzene rings is 1. The van der Waals surface area contributed by atoms with Gasteiger partial charge in [-0.3, -0.25) is 0 Å². The Labute approximate surface area is 129 Å². The Kier molecular flexibility index (Phi) is 4.59. The Bertz CT molecular complexity index is 690. The van der Waals surface area contributed by atoms with Gasteiger partial charge >= 0.3 is 0 Å². The summed E-state index contributed by atoms with van der Waals surface area (Å²) in [6.07, 6.45) is 3.71. The first kappa shape index (κ1) is 16.1. The molecule has 1 aromatic heterocycles. The lowest BCUT2D eigenvalue weighted by Crippen LogP contribution is -2.14. The van der Waals surface area contributed by atoms with Crippen molar-refractivity contribution in [2.45, 2.75) is 25.9 Å². The second-order valence-corrected chi connectivity index (χ2v) is 5.53. The number of methoxy groups -OCH3 is 1. The zero-order chi connectivity index (χ0) is 16.3. The van der Waals surface area contributed by atoms with E-state index in [9.17, 15) is 8.78 Å². The van der Waals surface area contributed by atoms with Crippen LogP contribution < -0.4 is 4.74 Å². The van der Waals surface area contributed by atoms with Crippen LogP contribution in [0.4, 0.5) is 8.78 Å². The molecule has 22 heavy (non-hydrogen) atoms. The van der Waals surface area contributed by atoms with Crippen LogP contribution in [-0.2, 0) is 12.1 Å². The number of ether oxygens (including phenoxy) is 1. The molecule has 0 aliphatic heterocycles. The third kappa shape index (κ3) is 3.32. The number of alkyl halides is 1. The van der Waals surface area contributed by atoms with E-state index >= 15 is 0 Å². The molecule has 0 radical (unpaired) electrons. The van der Waals surface area contributed by atoms with Crippen molar-refractivity contribution >= 4 is 0 Å². The van der Waals surface area contributed by atoms with Crippen LogP contribution in [0.25, 0.3) is 11.1 Å². The minimum atomic E-state index is -1.65. The summed E-state index contributed by atoms with van der Waals surface area (Å²) in [7, 11) is 1.51. The van der Waals surface area contributed by atoms with Crippen molar-refractivity contribution in [1.82, 2.24) is 4.98 Å². The van der Waals surface area contributed by atoms with Crippen LogP contribution >= 0.6 is 0 Å². The molecule has 1 aromatic carbocycles. The van der Waals surface area contributed by atoms with Crippen LogP contribution in [0.2, 0.25) is 0 Å². The monoisotopic (exact) mass is 303 g/mol. The molecule has 0 N–H and O–H groups in total. The molecular formula is C18H19F2NO. The van der Waals surface area contributed by atoms with E-state index in [4.69, 9.17) is 4.74 Å². The number of hydrogen-bond donors (Lipinski definition) is 0. The first-order chi connectivity index (χ1) is 10.4. The van der Waals surface area contributed by atoms with E-state index < -0.39 is 11.5 Å². The zero-order valence-electron chi connectivity index (χ0n) is 13.0. The predicted octanol–water partition coefficient (Wildman–Crippen LogP) is 4.83. The lowest BCUT2D eigenvalue weighted by molar-refractivity contribution is 0.219. The number of hydrogen-bond acceptors (Lipinski definition) is 2. The molecule has 0 amide bonds. The Morgan fingerprint density at radius 1 is 1.32 bits per heavy atom. The van der Waals surface area contributed by atoms with E-state index in [-0.39, 0.29) is 0 Å². The smallest absolute Gasteiger partial charge is 0.213 e. The summed E-state index contributed by atoms with van der Waals surface area (Å²) in [4.78, 5) is 4.04. The second-order valence-electron chi connectivity index (χ2n) is 5.53. The molecule has 0 aliphatic rings. The molecule has 0 saturated heterocycles. The molecular weight excluding hydrogens is 284 g/mol. The van der Waals surface area contributed by atoms with Gasteiger partial charge in [-0.2, -0.15) is 0 Å². The minimum absolute atomic E-state index is 0.332. The fraction of sp³-hybridized carbons (Fsp3) is 0.278. The molecule has 2 nitrogen and oxygen atoms in total. The van der Waals surface area contributed by atoms with Gasteiger partial charge < -0.3 is 4.74 Å². The number of rotatable bonds is 5. The fourth-order valence-corrected chi connectivity index (χ4v) is 2.48. The average molecular weight is 303 g/mol. The standard InChI is InChI=1S/C18H19F2NO/c1-5-6-14-15(12-7-8-21-17(9-12)22-4)10-13(19)11-16(14)18(2,3)20/h5,7-11H,1,6H2,2-4H3. The Morgan fingerprint density at radius 2 is 2.05 bits per heavy atom. The number of aromatic nitrogens is 1. The van der Waals surface area contributed by atoms with Crippen molar-refractivity contribution in [2.24, 2.45) is 0 Å². The molecule has 0 aliphatic carbocycles. The third-order valence-corrected chi connectivity index (χ3v) is 3.46. The molecule has 0 fully saturated rings. The molecule has 1 heterocycles. The van der Waals surface area contributed by atoms with Gasteiger partial charge in [-0.25, -0.2) is 13.8 Å². The van der Waals surface area contributed by atoms with E-state index in [2.05, 4.69) is 11.6 Å². The van der Waals surface area contributed by atoms with Crippen molar-refractivity contribution in [1.29, 1.82) is 0 Å². The maximum absolute atomic E-state index is 14.5. The maximum atomic E-state index is 14.5. The highest BCUT2D eigenvalue weighted by Crippen LogP contribution is 2.36. The SMILES string of the molecule is C=CCc1c(-c2ccnc(OC)c2)cc(F)cc1C(C)(C)F. The number of pyridine rings is 1. The largest absolute Gasteiger partial charge is 0.481 e. The van der Waals surface area contributed by atoms with Gasteiger partial charge in [-0.05, 0) is 60.7 Å². The number of nitrogens with zero attached hydrogens (tertiary/aromatic N) is 1. The van der Waals surface area contributed by atoms with E-state index in [1.165, 1.54) is 33.1 Å². The molecule has 0 unspecified atom stereocenters. The molecule has 2 aromatic rings. The van der Waals surface area contributed by atoms with Gasteiger partial charge in [0.25, 0.3) is 0 Å². The van der Waals surface area contributed by atoms with Crippen LogP contribution in [0.15, 0.2) is 43.1 Å². The van der Waals surface area contributed by atoms with E-state index in [1.54, 1.807) is 24.4 Å². The quantitative estimate of drug-likeness (QED) is 0.738. The number of allylic oxidation sites excluding steroid dienone is 1. The Balaban J connectivity index is 2.73. The molecule has 0 saturated carbocycles. The highest BCUT2D eigenvalue weighted by Gasteiger charge is 2.25. The highest BCUT2D eigenvalue weighted by molar-refractivity contribution is 5.70. The van der Waals surface area contributed by atoms with Crippen molar-refractivity contribution in [3.05, 3.63) is 60.1 Å². The summed E-state index contributed by atoms with van der Waals surface area (Å²) >= 11 is 0. The minimum Gasteiger partial charge on any atom is -0.481 e. The highest BCUT2D eigenvalue weighted by atomic mass is 19.1. The second kappa shape index (κ2) is 6.26. The van der Waals surface area contributed by atoms with Gasteiger partial charge in [0, 0.05) is 12.3 Å². The van der Waals surface area contributed by atoms with E-state index in [0.717, 1.165) is 11.1 Å². The lowest BCUT2D eigenvalue weighted by atomic mass is 9.87. The molecule has 4 heteroatoms. The topological polar surface area (TPSA) is 22.1 Å². The van der Waals surface area contributed by atoms with Crippen LogP contribution in [0.5, 0.6) is 5.88 Å². The fourth-order valence-electron chi connectivity index (χ4n) is 2.48. The molecule has 2 rings (SSSR count). The Hall–Kier alpha value is -2.23. The van der Waals surface area contributed by atoms with Crippen molar-refractivity contribution < 1.29 is 13.5 Å². The van der Waals surface area contributed by atoms with Gasteiger partial charge in [0.2, 0.25) is 5.88 Å². The predicted molar refractivity (Wildman–Crippen MR) is 84.2 cm³/mol. The first-order valence-corrected chi connectivity index (χ1v) is 7.00. The van der Waals surface area contributed by atoms with Gasteiger partial charge in [-0.1, -0.05) is 6.08 Å². The zero-order valence-corrected chi connectivity index (χ0v) is 13.0. The van der Waals surface area contributed by atoms with Gasteiger partial charge in [0.15, 0.2) is 0 Å². The summed E-state index contributed by atoms with van der Waals surface area (Å²) in [6.45, 7) is 6.56. The van der Waals surface area contributed by atoms with Crippen LogP contribution in [0.1, 0.15) is 25.0 Å². The molecule has 0 bridgehead atoms. The van der Waals surface area contributed by atoms with Crippen LogP contribution in [0.3, 0.4) is 0 Å². The lowest BCUT2D eigenvalue weighted by Gasteiger charge is -2.22. The maximum Gasteiger partial charge on any atom is 0.213 e. The summed E-state index contributed by atoms with van der Waals surface area (Å²) in [5, 5.41) is 0. The van der Waals surface area contributed by atoms with Crippen LogP contribution in [-0.4, -0.2) is 12.1 Å². The van der Waals surface area contributed by atoms with Gasteiger partial charge in [0.05, 0.1) is 7.11 Å². The van der Waals surface area contributed by atoms with Crippen molar-refractivity contribution in [3.63, 3.8) is 0 Å². The van der Waals surface area contributed by atoms with Crippen LogP contribution in [0, 0.1) is 5.82 Å². The number of halogens is 2.